The predicted octanol–water partition coefficient (Wildman–Crippen LogP) is 1.35. The molecule has 0 aliphatic carbocycles. The Morgan fingerprint density at radius 2 is 2.16 bits per heavy atom. The number of hydrogen-bond acceptors (Lipinski definition) is 5. The van der Waals surface area contributed by atoms with Gasteiger partial charge in [0.1, 0.15) is 5.71 Å². The van der Waals surface area contributed by atoms with E-state index in [4.69, 9.17) is 0 Å². The highest BCUT2D eigenvalue weighted by Gasteiger charge is 2.37. The van der Waals surface area contributed by atoms with E-state index in [1.54, 1.807) is 6.07 Å². The van der Waals surface area contributed by atoms with Gasteiger partial charge >= 0.3 is 0 Å². The van der Waals surface area contributed by atoms with Crippen molar-refractivity contribution < 1.29 is 18.0 Å². The second-order valence-electron chi connectivity index (χ2n) is 6.35. The van der Waals surface area contributed by atoms with Crippen LogP contribution in [0.3, 0.4) is 0 Å². The van der Waals surface area contributed by atoms with Crippen LogP contribution in [0.2, 0.25) is 0 Å². The van der Waals surface area contributed by atoms with Crippen LogP contribution >= 0.6 is 0 Å². The van der Waals surface area contributed by atoms with Gasteiger partial charge in [0.2, 0.25) is 5.91 Å². The zero-order valence-electron chi connectivity index (χ0n) is 14.1. The van der Waals surface area contributed by atoms with E-state index in [0.29, 0.717) is 12.1 Å². The maximum absolute atomic E-state index is 12.5. The van der Waals surface area contributed by atoms with E-state index in [1.807, 2.05) is 25.1 Å². The molecule has 134 valence electrons. The van der Waals surface area contributed by atoms with Crippen LogP contribution in [0.4, 0.5) is 5.69 Å². The Bertz CT molecular complexity index is 832. The van der Waals surface area contributed by atoms with Crippen LogP contribution in [-0.2, 0) is 25.8 Å². The molecule has 1 saturated heterocycles. The molecule has 25 heavy (non-hydrogen) atoms. The molecule has 2 heterocycles. The lowest BCUT2D eigenvalue weighted by atomic mass is 10.1. The first kappa shape index (κ1) is 17.6. The molecule has 7 nitrogen and oxygen atoms in total. The van der Waals surface area contributed by atoms with Gasteiger partial charge in [-0.25, -0.2) is 13.4 Å². The van der Waals surface area contributed by atoms with Crippen molar-refractivity contribution in [1.29, 1.82) is 0 Å². The van der Waals surface area contributed by atoms with Gasteiger partial charge in [0, 0.05) is 18.5 Å². The van der Waals surface area contributed by atoms with Crippen LogP contribution < -0.4 is 5.32 Å². The van der Waals surface area contributed by atoms with Crippen molar-refractivity contribution in [2.75, 3.05) is 16.8 Å². The number of nitrogens with zero attached hydrogens (tertiary/aromatic N) is 2. The number of hydrogen-bond donors (Lipinski definition) is 1. The molecule has 0 radical (unpaired) electrons. The minimum atomic E-state index is -3.13. The Balaban J connectivity index is 1.75. The number of amides is 2. The second-order valence-corrected chi connectivity index (χ2v) is 8.58. The molecular formula is C17H21N3O4S. The molecular weight excluding hydrogens is 342 g/mol. The number of nitrogens with one attached hydrogen (secondary N) is 1. The van der Waals surface area contributed by atoms with Gasteiger partial charge in [0.15, 0.2) is 9.84 Å². The molecule has 0 bridgehead atoms. The van der Waals surface area contributed by atoms with Crippen LogP contribution in [0.15, 0.2) is 29.4 Å². The third-order valence-electron chi connectivity index (χ3n) is 4.47. The van der Waals surface area contributed by atoms with E-state index >= 15 is 0 Å². The lowest BCUT2D eigenvalue weighted by Crippen LogP contribution is -2.42. The SMILES string of the molecule is CCc1cccc(NC(=O)C2=NN(C3CCS(=O)(=O)C3)C(=O)CC2)c1. The van der Waals surface area contributed by atoms with Gasteiger partial charge in [-0.15, -0.1) is 0 Å². The Morgan fingerprint density at radius 3 is 2.84 bits per heavy atom. The topological polar surface area (TPSA) is 95.9 Å². The fourth-order valence-electron chi connectivity index (χ4n) is 3.06. The Hall–Kier alpha value is -2.22. The number of carbonyl (C=O) groups excluding carboxylic acids is 2. The normalized spacial score (nSPS) is 22.6. The molecule has 3 rings (SSSR count). The molecule has 1 unspecified atom stereocenters. The number of aryl methyl sites for hydroxylation is 1. The standard InChI is InChI=1S/C17H21N3O4S/c1-2-12-4-3-5-13(10-12)18-17(22)15-6-7-16(21)20(19-15)14-8-9-25(23,24)11-14/h3-5,10,14H,2,6-9,11H2,1H3,(H,18,22). The summed E-state index contributed by atoms with van der Waals surface area (Å²) >= 11 is 0. The fourth-order valence-corrected chi connectivity index (χ4v) is 4.75. The minimum Gasteiger partial charge on any atom is -0.321 e. The van der Waals surface area contributed by atoms with Gasteiger partial charge < -0.3 is 5.32 Å². The molecule has 0 saturated carbocycles. The maximum atomic E-state index is 12.5. The number of benzene rings is 1. The quantitative estimate of drug-likeness (QED) is 0.873. The van der Waals surface area contributed by atoms with E-state index in [0.717, 1.165) is 12.0 Å². The maximum Gasteiger partial charge on any atom is 0.271 e. The summed E-state index contributed by atoms with van der Waals surface area (Å²) in [6.07, 6.45) is 1.65. The van der Waals surface area contributed by atoms with Crippen molar-refractivity contribution in [3.05, 3.63) is 29.8 Å². The summed E-state index contributed by atoms with van der Waals surface area (Å²) in [7, 11) is -3.13. The molecule has 8 heteroatoms. The average molecular weight is 363 g/mol. The molecule has 2 amide bonds. The van der Waals surface area contributed by atoms with E-state index in [2.05, 4.69) is 10.4 Å². The highest BCUT2D eigenvalue weighted by molar-refractivity contribution is 7.91. The first-order chi connectivity index (χ1) is 11.9. The molecule has 0 spiro atoms. The average Bonchev–Trinajstić information content (AvgIpc) is 2.95. The molecule has 0 aromatic heterocycles. The highest BCUT2D eigenvalue weighted by Crippen LogP contribution is 2.22. The monoisotopic (exact) mass is 363 g/mol. The van der Waals surface area contributed by atoms with Gasteiger partial charge in [-0.3, -0.25) is 9.59 Å². The first-order valence-electron chi connectivity index (χ1n) is 8.38. The van der Waals surface area contributed by atoms with Gasteiger partial charge in [0.05, 0.1) is 17.5 Å². The molecule has 1 aromatic carbocycles. The highest BCUT2D eigenvalue weighted by atomic mass is 32.2. The summed E-state index contributed by atoms with van der Waals surface area (Å²) in [5, 5.41) is 8.18. The Kier molecular flexibility index (Phi) is 4.89. The largest absolute Gasteiger partial charge is 0.321 e. The van der Waals surface area contributed by atoms with Crippen LogP contribution in [0, 0.1) is 0 Å². The third-order valence-corrected chi connectivity index (χ3v) is 6.22. The first-order valence-corrected chi connectivity index (χ1v) is 10.2. The molecule has 2 aliphatic heterocycles. The minimum absolute atomic E-state index is 0.0578. The van der Waals surface area contributed by atoms with Gasteiger partial charge in [0.25, 0.3) is 5.91 Å². The summed E-state index contributed by atoms with van der Waals surface area (Å²) in [5.41, 5.74) is 2.04. The summed E-state index contributed by atoms with van der Waals surface area (Å²) in [5.74, 6) is -0.615. The van der Waals surface area contributed by atoms with Crippen LogP contribution in [0.25, 0.3) is 0 Å². The van der Waals surface area contributed by atoms with Crippen molar-refractivity contribution in [2.45, 2.75) is 38.6 Å². The van der Waals surface area contributed by atoms with E-state index in [9.17, 15) is 18.0 Å². The second kappa shape index (κ2) is 6.95. The van der Waals surface area contributed by atoms with Gasteiger partial charge in [-0.05, 0) is 30.5 Å². The van der Waals surface area contributed by atoms with Crippen molar-refractivity contribution in [2.24, 2.45) is 5.10 Å². The lowest BCUT2D eigenvalue weighted by molar-refractivity contribution is -0.133. The van der Waals surface area contributed by atoms with Crippen molar-refractivity contribution in [1.82, 2.24) is 5.01 Å². The summed E-state index contributed by atoms with van der Waals surface area (Å²) in [6.45, 7) is 2.03. The molecule has 2 aliphatic rings. The van der Waals surface area contributed by atoms with Crippen molar-refractivity contribution in [3.63, 3.8) is 0 Å². The van der Waals surface area contributed by atoms with Crippen molar-refractivity contribution in [3.8, 4) is 0 Å². The number of anilines is 1. The Morgan fingerprint density at radius 1 is 1.36 bits per heavy atom. The van der Waals surface area contributed by atoms with Crippen LogP contribution in [-0.4, -0.2) is 48.5 Å². The predicted molar refractivity (Wildman–Crippen MR) is 95.0 cm³/mol. The smallest absolute Gasteiger partial charge is 0.271 e. The summed E-state index contributed by atoms with van der Waals surface area (Å²) in [4.78, 5) is 24.6. The number of hydrazone groups is 1. The van der Waals surface area contributed by atoms with Crippen molar-refractivity contribution >= 4 is 33.1 Å². The Labute approximate surface area is 147 Å². The fraction of sp³-hybridized carbons (Fsp3) is 0.471. The number of sulfone groups is 1. The van der Waals surface area contributed by atoms with Gasteiger partial charge in [-0.1, -0.05) is 19.1 Å². The van der Waals surface area contributed by atoms with Crippen LogP contribution in [0.1, 0.15) is 31.7 Å². The van der Waals surface area contributed by atoms with E-state index in [1.165, 1.54) is 5.01 Å². The molecule has 1 atom stereocenters. The molecule has 1 N–H and O–H groups in total. The van der Waals surface area contributed by atoms with E-state index in [-0.39, 0.29) is 41.9 Å². The number of carbonyl (C=O) groups is 2. The van der Waals surface area contributed by atoms with Gasteiger partial charge in [-0.2, -0.15) is 5.10 Å². The third kappa shape index (κ3) is 4.07. The zero-order chi connectivity index (χ0) is 18.0. The number of rotatable bonds is 4. The zero-order valence-corrected chi connectivity index (χ0v) is 14.9. The summed E-state index contributed by atoms with van der Waals surface area (Å²) in [6, 6.07) is 7.08. The molecule has 1 fully saturated rings. The summed E-state index contributed by atoms with van der Waals surface area (Å²) < 4.78 is 23.3. The lowest BCUT2D eigenvalue weighted by Gasteiger charge is -2.27. The molecule has 1 aromatic rings. The van der Waals surface area contributed by atoms with E-state index < -0.39 is 15.9 Å². The van der Waals surface area contributed by atoms with Crippen LogP contribution in [0.5, 0.6) is 0 Å².